The Bertz CT molecular complexity index is 886. The molecule has 26 heavy (non-hydrogen) atoms. The van der Waals surface area contributed by atoms with Gasteiger partial charge in [0.15, 0.2) is 5.01 Å². The number of amides is 1. The van der Waals surface area contributed by atoms with Crippen molar-refractivity contribution in [2.75, 3.05) is 38.2 Å². The smallest absolute Gasteiger partial charge is 0.257 e. The van der Waals surface area contributed by atoms with Gasteiger partial charge in [-0.3, -0.25) is 4.79 Å². The number of carbonyl (C=O) groups excluding carboxylic acids is 1. The SMILES string of the molecule is COc1ccccc1C(=O)N1CCN(c2nnc(-c3cccs3)s2)CC1. The molecule has 134 valence electrons. The van der Waals surface area contributed by atoms with E-state index >= 15 is 0 Å². The summed E-state index contributed by atoms with van der Waals surface area (Å²) in [5, 5.41) is 12.5. The highest BCUT2D eigenvalue weighted by molar-refractivity contribution is 7.22. The highest BCUT2D eigenvalue weighted by atomic mass is 32.1. The van der Waals surface area contributed by atoms with Crippen molar-refractivity contribution in [2.45, 2.75) is 0 Å². The van der Waals surface area contributed by atoms with Gasteiger partial charge >= 0.3 is 0 Å². The van der Waals surface area contributed by atoms with Gasteiger partial charge in [-0.15, -0.1) is 21.5 Å². The summed E-state index contributed by atoms with van der Waals surface area (Å²) >= 11 is 3.27. The number of thiophene rings is 1. The van der Waals surface area contributed by atoms with Gasteiger partial charge in [0.1, 0.15) is 5.75 Å². The fraction of sp³-hybridized carbons (Fsp3) is 0.278. The minimum Gasteiger partial charge on any atom is -0.496 e. The van der Waals surface area contributed by atoms with E-state index in [-0.39, 0.29) is 5.91 Å². The maximum Gasteiger partial charge on any atom is 0.257 e. The number of ether oxygens (including phenoxy) is 1. The van der Waals surface area contributed by atoms with Crippen LogP contribution in [0.5, 0.6) is 5.75 Å². The van der Waals surface area contributed by atoms with Crippen molar-refractivity contribution in [3.63, 3.8) is 0 Å². The number of nitrogens with zero attached hydrogens (tertiary/aromatic N) is 4. The van der Waals surface area contributed by atoms with Crippen molar-refractivity contribution in [1.82, 2.24) is 15.1 Å². The molecular weight excluding hydrogens is 368 g/mol. The lowest BCUT2D eigenvalue weighted by Crippen LogP contribution is -2.48. The number of methoxy groups -OCH3 is 1. The molecule has 1 saturated heterocycles. The van der Waals surface area contributed by atoms with Crippen LogP contribution in [0.1, 0.15) is 10.4 Å². The predicted molar refractivity (Wildman–Crippen MR) is 104 cm³/mol. The third-order valence-corrected chi connectivity index (χ3v) is 6.34. The van der Waals surface area contributed by atoms with Crippen molar-refractivity contribution in [1.29, 1.82) is 0 Å². The summed E-state index contributed by atoms with van der Waals surface area (Å²) in [5.74, 6) is 0.628. The fourth-order valence-electron chi connectivity index (χ4n) is 2.94. The lowest BCUT2D eigenvalue weighted by molar-refractivity contribution is 0.0743. The number of anilines is 1. The third-order valence-electron chi connectivity index (χ3n) is 4.32. The molecule has 0 bridgehead atoms. The van der Waals surface area contributed by atoms with Crippen LogP contribution >= 0.6 is 22.7 Å². The Kier molecular flexibility index (Phi) is 4.85. The van der Waals surface area contributed by atoms with Gasteiger partial charge in [0.05, 0.1) is 17.6 Å². The molecule has 1 fully saturated rings. The Morgan fingerprint density at radius 1 is 1.08 bits per heavy atom. The van der Waals surface area contributed by atoms with Crippen molar-refractivity contribution in [3.05, 3.63) is 47.3 Å². The van der Waals surface area contributed by atoms with E-state index in [1.54, 1.807) is 29.8 Å². The van der Waals surface area contributed by atoms with E-state index in [9.17, 15) is 4.79 Å². The van der Waals surface area contributed by atoms with Gasteiger partial charge in [-0.2, -0.15) is 0 Å². The normalized spacial score (nSPS) is 14.5. The average molecular weight is 387 g/mol. The van der Waals surface area contributed by atoms with Crippen molar-refractivity contribution < 1.29 is 9.53 Å². The first-order chi connectivity index (χ1) is 12.8. The standard InChI is InChI=1S/C18H18N4O2S2/c1-24-14-6-3-2-5-13(14)17(23)21-8-10-22(11-9-21)18-20-19-16(26-18)15-7-4-12-25-15/h2-7,12H,8-11H2,1H3. The molecule has 1 aliphatic heterocycles. The molecule has 2 aromatic heterocycles. The number of rotatable bonds is 4. The molecule has 0 aliphatic carbocycles. The zero-order chi connectivity index (χ0) is 17.9. The minimum atomic E-state index is 0.0126. The zero-order valence-corrected chi connectivity index (χ0v) is 15.9. The molecule has 0 radical (unpaired) electrons. The van der Waals surface area contributed by atoms with Crippen molar-refractivity contribution >= 4 is 33.7 Å². The average Bonchev–Trinajstić information content (AvgIpc) is 3.39. The second-order valence-corrected chi connectivity index (χ2v) is 7.75. The predicted octanol–water partition coefficient (Wildman–Crippen LogP) is 3.24. The van der Waals surface area contributed by atoms with Crippen LogP contribution in [0.4, 0.5) is 5.13 Å². The zero-order valence-electron chi connectivity index (χ0n) is 14.3. The van der Waals surface area contributed by atoms with Gasteiger partial charge in [-0.25, -0.2) is 0 Å². The van der Waals surface area contributed by atoms with Crippen molar-refractivity contribution in [2.24, 2.45) is 0 Å². The first kappa shape index (κ1) is 17.0. The molecule has 3 aromatic rings. The van der Waals surface area contributed by atoms with Crippen LogP contribution in [-0.4, -0.2) is 54.3 Å². The van der Waals surface area contributed by atoms with Crippen LogP contribution in [0.15, 0.2) is 41.8 Å². The first-order valence-electron chi connectivity index (χ1n) is 8.31. The number of carbonyl (C=O) groups is 1. The van der Waals surface area contributed by atoms with E-state index in [1.807, 2.05) is 40.6 Å². The summed E-state index contributed by atoms with van der Waals surface area (Å²) in [6.45, 7) is 2.82. The van der Waals surface area contributed by atoms with Crippen LogP contribution in [-0.2, 0) is 0 Å². The van der Waals surface area contributed by atoms with Crippen LogP contribution < -0.4 is 9.64 Å². The van der Waals surface area contributed by atoms with Gasteiger partial charge in [-0.1, -0.05) is 29.5 Å². The van der Waals surface area contributed by atoms with E-state index < -0.39 is 0 Å². The molecule has 0 atom stereocenters. The molecular formula is C18H18N4O2S2. The fourth-order valence-corrected chi connectivity index (χ4v) is 4.62. The molecule has 4 rings (SSSR count). The van der Waals surface area contributed by atoms with E-state index in [0.29, 0.717) is 24.4 Å². The van der Waals surface area contributed by atoms with E-state index in [0.717, 1.165) is 28.1 Å². The summed E-state index contributed by atoms with van der Waals surface area (Å²) < 4.78 is 5.31. The van der Waals surface area contributed by atoms with E-state index in [4.69, 9.17) is 4.74 Å². The molecule has 0 unspecified atom stereocenters. The lowest BCUT2D eigenvalue weighted by Gasteiger charge is -2.34. The molecule has 1 aromatic carbocycles. The molecule has 0 N–H and O–H groups in total. The molecule has 3 heterocycles. The first-order valence-corrected chi connectivity index (χ1v) is 10.0. The highest BCUT2D eigenvalue weighted by Gasteiger charge is 2.25. The van der Waals surface area contributed by atoms with E-state index in [1.165, 1.54) is 0 Å². The minimum absolute atomic E-state index is 0.0126. The maximum absolute atomic E-state index is 12.8. The van der Waals surface area contributed by atoms with Gasteiger partial charge < -0.3 is 14.5 Å². The van der Waals surface area contributed by atoms with Crippen LogP contribution in [0.2, 0.25) is 0 Å². The summed E-state index contributed by atoms with van der Waals surface area (Å²) in [6.07, 6.45) is 0. The number of hydrogen-bond donors (Lipinski definition) is 0. The Morgan fingerprint density at radius 3 is 2.62 bits per heavy atom. The van der Waals surface area contributed by atoms with Crippen LogP contribution in [0, 0.1) is 0 Å². The molecule has 8 heteroatoms. The van der Waals surface area contributed by atoms with Crippen molar-refractivity contribution in [3.8, 4) is 15.6 Å². The Labute approximate surface area is 159 Å². The van der Waals surface area contributed by atoms with Crippen LogP contribution in [0.25, 0.3) is 9.88 Å². The van der Waals surface area contributed by atoms with Gasteiger partial charge in [0.25, 0.3) is 5.91 Å². The third kappa shape index (κ3) is 3.30. The van der Waals surface area contributed by atoms with Gasteiger partial charge in [0, 0.05) is 26.2 Å². The van der Waals surface area contributed by atoms with E-state index in [2.05, 4.69) is 21.2 Å². The topological polar surface area (TPSA) is 58.6 Å². The summed E-state index contributed by atoms with van der Waals surface area (Å²) in [4.78, 5) is 18.0. The lowest BCUT2D eigenvalue weighted by atomic mass is 10.1. The number of piperazine rings is 1. The molecule has 6 nitrogen and oxygen atoms in total. The van der Waals surface area contributed by atoms with Gasteiger partial charge in [0.2, 0.25) is 5.13 Å². The summed E-state index contributed by atoms with van der Waals surface area (Å²) in [6, 6.07) is 11.4. The second-order valence-electron chi connectivity index (χ2n) is 5.85. The highest BCUT2D eigenvalue weighted by Crippen LogP contribution is 2.32. The quantitative estimate of drug-likeness (QED) is 0.689. The number of para-hydroxylation sites is 1. The maximum atomic E-state index is 12.8. The number of benzene rings is 1. The Morgan fingerprint density at radius 2 is 1.88 bits per heavy atom. The second kappa shape index (κ2) is 7.43. The molecule has 0 saturated carbocycles. The molecule has 1 amide bonds. The molecule has 0 spiro atoms. The number of aromatic nitrogens is 2. The largest absolute Gasteiger partial charge is 0.496 e. The summed E-state index contributed by atoms with van der Waals surface area (Å²) in [5.41, 5.74) is 0.611. The molecule has 1 aliphatic rings. The Hall–Kier alpha value is -2.45. The van der Waals surface area contributed by atoms with Gasteiger partial charge in [-0.05, 0) is 23.6 Å². The van der Waals surface area contributed by atoms with Crippen LogP contribution in [0.3, 0.4) is 0 Å². The monoisotopic (exact) mass is 386 g/mol. The summed E-state index contributed by atoms with van der Waals surface area (Å²) in [7, 11) is 1.59. The Balaban J connectivity index is 1.42. The number of hydrogen-bond acceptors (Lipinski definition) is 7.